The Balaban J connectivity index is 2.04. The summed E-state index contributed by atoms with van der Waals surface area (Å²) in [6.45, 7) is 0. The lowest BCUT2D eigenvalue weighted by atomic mass is 10.2. The number of hydrogen-bond acceptors (Lipinski definition) is 4. The zero-order valence-corrected chi connectivity index (χ0v) is 17.0. The molecule has 8 heteroatoms. The minimum atomic E-state index is -3.47. The van der Waals surface area contributed by atoms with E-state index in [1.807, 2.05) is 6.07 Å². The Morgan fingerprint density at radius 3 is 2.41 bits per heavy atom. The molecule has 27 heavy (non-hydrogen) atoms. The molecular formula is C19H22N2O4S2. The standard InChI is InChI=1S/C19H22N2O4S2/c1-21(2)27(24,25)18-10-7-15(8-11-18)9-12-19(22)20-17-6-4-5-16(13-17)14-26(3)23/h4-13H,14H2,1-3H3,(H,20,22)/b12-9+. The van der Waals surface area contributed by atoms with Crippen molar-refractivity contribution in [3.05, 3.63) is 65.7 Å². The molecule has 0 aromatic heterocycles. The van der Waals surface area contributed by atoms with Gasteiger partial charge in [-0.1, -0.05) is 24.3 Å². The van der Waals surface area contributed by atoms with Gasteiger partial charge < -0.3 is 5.32 Å². The summed E-state index contributed by atoms with van der Waals surface area (Å²) in [4.78, 5) is 12.3. The van der Waals surface area contributed by atoms with Crippen LogP contribution in [0, 0.1) is 0 Å². The summed E-state index contributed by atoms with van der Waals surface area (Å²) in [5.74, 6) is 0.122. The van der Waals surface area contributed by atoms with Gasteiger partial charge in [-0.3, -0.25) is 9.00 Å². The topological polar surface area (TPSA) is 83.6 Å². The van der Waals surface area contributed by atoms with E-state index in [9.17, 15) is 17.4 Å². The summed E-state index contributed by atoms with van der Waals surface area (Å²) in [7, 11) is -1.47. The van der Waals surface area contributed by atoms with E-state index in [4.69, 9.17) is 0 Å². The van der Waals surface area contributed by atoms with Gasteiger partial charge in [0.1, 0.15) is 0 Å². The van der Waals surface area contributed by atoms with Crippen LogP contribution >= 0.6 is 0 Å². The van der Waals surface area contributed by atoms with E-state index >= 15 is 0 Å². The smallest absolute Gasteiger partial charge is 0.248 e. The molecule has 0 aliphatic rings. The van der Waals surface area contributed by atoms with Gasteiger partial charge in [0.25, 0.3) is 0 Å². The Hall–Kier alpha value is -2.29. The maximum absolute atomic E-state index is 12.1. The molecule has 144 valence electrons. The summed E-state index contributed by atoms with van der Waals surface area (Å²) in [5, 5.41) is 2.75. The van der Waals surface area contributed by atoms with Crippen molar-refractivity contribution in [2.24, 2.45) is 0 Å². The van der Waals surface area contributed by atoms with E-state index < -0.39 is 20.8 Å². The van der Waals surface area contributed by atoms with E-state index in [0.29, 0.717) is 17.0 Å². The largest absolute Gasteiger partial charge is 0.323 e. The SMILES string of the molecule is CN(C)S(=O)(=O)c1ccc(/C=C/C(=O)Nc2cccc(CS(C)=O)c2)cc1. The van der Waals surface area contributed by atoms with Gasteiger partial charge in [-0.05, 0) is 41.5 Å². The fourth-order valence-electron chi connectivity index (χ4n) is 2.29. The quantitative estimate of drug-likeness (QED) is 0.716. The Kier molecular flexibility index (Phi) is 7.06. The highest BCUT2D eigenvalue weighted by molar-refractivity contribution is 7.89. The first-order valence-corrected chi connectivity index (χ1v) is 11.3. The number of anilines is 1. The number of sulfonamides is 1. The molecule has 6 nitrogen and oxygen atoms in total. The third-order valence-corrected chi connectivity index (χ3v) is 6.22. The van der Waals surface area contributed by atoms with Crippen molar-refractivity contribution in [1.29, 1.82) is 0 Å². The molecule has 0 spiro atoms. The number of nitrogens with one attached hydrogen (secondary N) is 1. The predicted octanol–water partition coefficient (Wildman–Crippen LogP) is 2.47. The number of rotatable bonds is 7. The number of carbonyl (C=O) groups excluding carboxylic acids is 1. The van der Waals surface area contributed by atoms with E-state index in [-0.39, 0.29) is 10.8 Å². The maximum atomic E-state index is 12.1. The molecular weight excluding hydrogens is 384 g/mol. The van der Waals surface area contributed by atoms with Crippen LogP contribution in [0.5, 0.6) is 0 Å². The van der Waals surface area contributed by atoms with Crippen LogP contribution < -0.4 is 5.32 Å². The molecule has 0 fully saturated rings. The Labute approximate surface area is 162 Å². The monoisotopic (exact) mass is 406 g/mol. The summed E-state index contributed by atoms with van der Waals surface area (Å²) < 4.78 is 36.5. The Bertz CT molecular complexity index is 965. The van der Waals surface area contributed by atoms with Gasteiger partial charge in [-0.2, -0.15) is 0 Å². The van der Waals surface area contributed by atoms with Gasteiger partial charge >= 0.3 is 0 Å². The van der Waals surface area contributed by atoms with Crippen LogP contribution in [0.4, 0.5) is 5.69 Å². The highest BCUT2D eigenvalue weighted by Crippen LogP contribution is 2.15. The molecule has 0 aliphatic carbocycles. The van der Waals surface area contributed by atoms with E-state index in [1.54, 1.807) is 42.7 Å². The fraction of sp³-hybridized carbons (Fsp3) is 0.211. The van der Waals surface area contributed by atoms with Gasteiger partial charge in [0, 0.05) is 48.7 Å². The first kappa shape index (κ1) is 21.0. The minimum absolute atomic E-state index is 0.194. The van der Waals surface area contributed by atoms with E-state index in [2.05, 4.69) is 5.32 Å². The average molecular weight is 407 g/mol. The zero-order valence-electron chi connectivity index (χ0n) is 15.4. The van der Waals surface area contributed by atoms with Gasteiger partial charge in [-0.15, -0.1) is 0 Å². The molecule has 1 amide bonds. The maximum Gasteiger partial charge on any atom is 0.248 e. The van der Waals surface area contributed by atoms with Crippen molar-refractivity contribution in [2.45, 2.75) is 10.6 Å². The lowest BCUT2D eigenvalue weighted by Gasteiger charge is -2.11. The Morgan fingerprint density at radius 1 is 1.15 bits per heavy atom. The molecule has 0 radical (unpaired) electrons. The predicted molar refractivity (Wildman–Crippen MR) is 109 cm³/mol. The van der Waals surface area contributed by atoms with Crippen LogP contribution in [0.2, 0.25) is 0 Å². The number of carbonyl (C=O) groups is 1. The summed E-state index contributed by atoms with van der Waals surface area (Å²) in [6, 6.07) is 13.5. The van der Waals surface area contributed by atoms with Crippen LogP contribution in [-0.2, 0) is 31.4 Å². The van der Waals surface area contributed by atoms with Crippen LogP contribution in [0.1, 0.15) is 11.1 Å². The van der Waals surface area contributed by atoms with Crippen molar-refractivity contribution < 1.29 is 17.4 Å². The van der Waals surface area contributed by atoms with Crippen molar-refractivity contribution in [1.82, 2.24) is 4.31 Å². The summed E-state index contributed by atoms with van der Waals surface area (Å²) in [6.07, 6.45) is 4.61. The number of amides is 1. The molecule has 1 unspecified atom stereocenters. The normalized spacial score (nSPS) is 13.0. The van der Waals surface area contributed by atoms with Crippen LogP contribution in [0.3, 0.4) is 0 Å². The van der Waals surface area contributed by atoms with Gasteiger partial charge in [0.15, 0.2) is 0 Å². The Morgan fingerprint density at radius 2 is 1.81 bits per heavy atom. The number of hydrogen-bond donors (Lipinski definition) is 1. The summed E-state index contributed by atoms with van der Waals surface area (Å²) >= 11 is 0. The van der Waals surface area contributed by atoms with Crippen molar-refractivity contribution >= 4 is 38.5 Å². The molecule has 2 rings (SSSR count). The molecule has 2 aromatic rings. The minimum Gasteiger partial charge on any atom is -0.323 e. The molecule has 2 aromatic carbocycles. The molecule has 1 atom stereocenters. The highest BCUT2D eigenvalue weighted by atomic mass is 32.2. The third kappa shape index (κ3) is 6.13. The lowest BCUT2D eigenvalue weighted by molar-refractivity contribution is -0.111. The van der Waals surface area contributed by atoms with Crippen molar-refractivity contribution in [2.75, 3.05) is 25.7 Å². The molecule has 0 saturated heterocycles. The second-order valence-corrected chi connectivity index (χ2v) is 9.68. The van der Waals surface area contributed by atoms with Gasteiger partial charge in [0.05, 0.1) is 4.90 Å². The first-order valence-electron chi connectivity index (χ1n) is 8.09. The van der Waals surface area contributed by atoms with Gasteiger partial charge in [-0.25, -0.2) is 12.7 Å². The van der Waals surface area contributed by atoms with Gasteiger partial charge in [0.2, 0.25) is 15.9 Å². The molecule has 0 saturated carbocycles. The molecule has 1 N–H and O–H groups in total. The van der Waals surface area contributed by atoms with Crippen LogP contribution in [0.15, 0.2) is 59.5 Å². The second-order valence-electron chi connectivity index (χ2n) is 6.10. The van der Waals surface area contributed by atoms with Crippen LogP contribution in [0.25, 0.3) is 6.08 Å². The second kappa shape index (κ2) is 9.07. The fourth-order valence-corrected chi connectivity index (χ4v) is 3.84. The lowest BCUT2D eigenvalue weighted by Crippen LogP contribution is -2.22. The number of benzene rings is 2. The average Bonchev–Trinajstić information content (AvgIpc) is 2.60. The van der Waals surface area contributed by atoms with E-state index in [0.717, 1.165) is 9.87 Å². The highest BCUT2D eigenvalue weighted by Gasteiger charge is 2.16. The molecule has 0 aliphatic heterocycles. The summed E-state index contributed by atoms with van der Waals surface area (Å²) in [5.41, 5.74) is 2.22. The first-order chi connectivity index (χ1) is 12.7. The molecule has 0 heterocycles. The van der Waals surface area contributed by atoms with Crippen LogP contribution in [-0.4, -0.2) is 43.2 Å². The van der Waals surface area contributed by atoms with Crippen molar-refractivity contribution in [3.8, 4) is 0 Å². The van der Waals surface area contributed by atoms with E-state index in [1.165, 1.54) is 32.3 Å². The van der Waals surface area contributed by atoms with Crippen molar-refractivity contribution in [3.63, 3.8) is 0 Å². The number of nitrogens with zero attached hydrogens (tertiary/aromatic N) is 1. The molecule has 0 bridgehead atoms. The zero-order chi connectivity index (χ0) is 20.0. The third-order valence-electron chi connectivity index (χ3n) is 3.65.